The average Bonchev–Trinajstić information content (AvgIpc) is 2.31. The number of hydrogen-bond acceptors (Lipinski definition) is 2. The van der Waals surface area contributed by atoms with E-state index in [4.69, 9.17) is 4.74 Å². The van der Waals surface area contributed by atoms with Crippen molar-refractivity contribution in [3.05, 3.63) is 35.9 Å². The Balaban J connectivity index is 1.91. The Morgan fingerprint density at radius 3 is 2.73 bits per heavy atom. The zero-order chi connectivity index (χ0) is 10.5. The summed E-state index contributed by atoms with van der Waals surface area (Å²) >= 11 is 0. The molecule has 1 aliphatic heterocycles. The zero-order valence-corrected chi connectivity index (χ0v) is 8.82. The number of ketones is 1. The van der Waals surface area contributed by atoms with E-state index >= 15 is 0 Å². The van der Waals surface area contributed by atoms with Crippen molar-refractivity contribution in [1.82, 2.24) is 0 Å². The maximum Gasteiger partial charge on any atom is 0.165 e. The number of carbonyl (C=O) groups is 1. The second-order valence-corrected chi connectivity index (χ2v) is 3.98. The summed E-state index contributed by atoms with van der Waals surface area (Å²) in [6, 6.07) is 9.45. The summed E-state index contributed by atoms with van der Waals surface area (Å²) in [5, 5.41) is 0. The second-order valence-electron chi connectivity index (χ2n) is 3.98. The van der Waals surface area contributed by atoms with E-state index < -0.39 is 0 Å². The third kappa shape index (κ3) is 2.90. The van der Waals surface area contributed by atoms with Gasteiger partial charge in [-0.2, -0.15) is 0 Å². The van der Waals surface area contributed by atoms with Crippen LogP contribution in [0.15, 0.2) is 30.3 Å². The minimum atomic E-state index is 0.145. The summed E-state index contributed by atoms with van der Waals surface area (Å²) in [5.41, 5.74) is 0.798. The first-order valence-electron chi connectivity index (χ1n) is 5.56. The van der Waals surface area contributed by atoms with Gasteiger partial charge in [-0.25, -0.2) is 0 Å². The molecule has 1 aliphatic rings. The van der Waals surface area contributed by atoms with Crippen molar-refractivity contribution >= 4 is 5.78 Å². The van der Waals surface area contributed by atoms with E-state index in [-0.39, 0.29) is 11.9 Å². The van der Waals surface area contributed by atoms with Crippen molar-refractivity contribution in [3.63, 3.8) is 0 Å². The zero-order valence-electron chi connectivity index (χ0n) is 8.82. The maximum absolute atomic E-state index is 11.8. The number of rotatable bonds is 3. The Kier molecular flexibility index (Phi) is 3.51. The summed E-state index contributed by atoms with van der Waals surface area (Å²) in [4.78, 5) is 11.8. The normalized spacial score (nSPS) is 21.2. The van der Waals surface area contributed by atoms with Crippen molar-refractivity contribution in [3.8, 4) is 0 Å². The highest BCUT2D eigenvalue weighted by molar-refractivity contribution is 5.96. The monoisotopic (exact) mass is 204 g/mol. The molecule has 0 spiro atoms. The van der Waals surface area contributed by atoms with Crippen LogP contribution < -0.4 is 0 Å². The van der Waals surface area contributed by atoms with Crippen LogP contribution in [-0.4, -0.2) is 18.5 Å². The SMILES string of the molecule is O=C(C[C@@H]1CCCCO1)c1ccccc1. The first-order valence-corrected chi connectivity index (χ1v) is 5.56. The Bertz CT molecular complexity index is 313. The molecule has 15 heavy (non-hydrogen) atoms. The van der Waals surface area contributed by atoms with Gasteiger partial charge in [-0.15, -0.1) is 0 Å². The fourth-order valence-electron chi connectivity index (χ4n) is 1.92. The molecule has 1 aromatic carbocycles. The average molecular weight is 204 g/mol. The van der Waals surface area contributed by atoms with Gasteiger partial charge in [0.15, 0.2) is 5.78 Å². The van der Waals surface area contributed by atoms with Crippen LogP contribution in [-0.2, 0) is 4.74 Å². The lowest BCUT2D eigenvalue weighted by Crippen LogP contribution is -2.22. The van der Waals surface area contributed by atoms with Crippen LogP contribution in [0.3, 0.4) is 0 Å². The van der Waals surface area contributed by atoms with Crippen LogP contribution in [0.2, 0.25) is 0 Å². The van der Waals surface area contributed by atoms with Gasteiger partial charge < -0.3 is 4.74 Å². The molecule has 1 atom stereocenters. The topological polar surface area (TPSA) is 26.3 Å². The van der Waals surface area contributed by atoms with Crippen molar-refractivity contribution in [1.29, 1.82) is 0 Å². The van der Waals surface area contributed by atoms with E-state index in [1.165, 1.54) is 6.42 Å². The van der Waals surface area contributed by atoms with Crippen molar-refractivity contribution in [2.45, 2.75) is 31.8 Å². The summed E-state index contributed by atoms with van der Waals surface area (Å²) in [7, 11) is 0. The number of Topliss-reactive ketones (excluding diaryl/α,β-unsaturated/α-hetero) is 1. The van der Waals surface area contributed by atoms with E-state index in [1.807, 2.05) is 30.3 Å². The highest BCUT2D eigenvalue weighted by Gasteiger charge is 2.18. The molecule has 1 fully saturated rings. The quantitative estimate of drug-likeness (QED) is 0.708. The van der Waals surface area contributed by atoms with E-state index in [0.717, 1.165) is 25.0 Å². The van der Waals surface area contributed by atoms with E-state index in [0.29, 0.717) is 6.42 Å². The molecule has 0 bridgehead atoms. The van der Waals surface area contributed by atoms with Crippen LogP contribution >= 0.6 is 0 Å². The molecule has 0 aliphatic carbocycles. The second kappa shape index (κ2) is 5.08. The number of hydrogen-bond donors (Lipinski definition) is 0. The fraction of sp³-hybridized carbons (Fsp3) is 0.462. The lowest BCUT2D eigenvalue weighted by molar-refractivity contribution is 0.0129. The minimum absolute atomic E-state index is 0.145. The predicted octanol–water partition coefficient (Wildman–Crippen LogP) is 2.83. The molecule has 1 heterocycles. The van der Waals surface area contributed by atoms with Crippen LogP contribution in [0.4, 0.5) is 0 Å². The summed E-state index contributed by atoms with van der Waals surface area (Å²) in [6.07, 6.45) is 4.03. The smallest absolute Gasteiger partial charge is 0.165 e. The standard InChI is InChI=1S/C13H16O2/c14-13(11-6-2-1-3-7-11)10-12-8-4-5-9-15-12/h1-3,6-7,12H,4-5,8-10H2/t12-/m0/s1. The lowest BCUT2D eigenvalue weighted by Gasteiger charge is -2.21. The van der Waals surface area contributed by atoms with Crippen LogP contribution in [0.5, 0.6) is 0 Å². The molecule has 1 aromatic rings. The Hall–Kier alpha value is -1.15. The predicted molar refractivity (Wildman–Crippen MR) is 59.0 cm³/mol. The summed E-state index contributed by atoms with van der Waals surface area (Å²) < 4.78 is 5.55. The van der Waals surface area contributed by atoms with Gasteiger partial charge in [0.1, 0.15) is 0 Å². The van der Waals surface area contributed by atoms with Crippen LogP contribution in [0, 0.1) is 0 Å². The third-order valence-electron chi connectivity index (χ3n) is 2.78. The molecule has 2 heteroatoms. The number of ether oxygens (including phenoxy) is 1. The van der Waals surface area contributed by atoms with Crippen LogP contribution in [0.1, 0.15) is 36.0 Å². The Labute approximate surface area is 90.3 Å². The molecule has 0 saturated carbocycles. The van der Waals surface area contributed by atoms with Gasteiger partial charge in [0, 0.05) is 18.6 Å². The van der Waals surface area contributed by atoms with Gasteiger partial charge in [0.05, 0.1) is 6.10 Å². The van der Waals surface area contributed by atoms with Crippen LogP contribution in [0.25, 0.3) is 0 Å². The van der Waals surface area contributed by atoms with Gasteiger partial charge in [-0.3, -0.25) is 4.79 Å². The maximum atomic E-state index is 11.8. The van der Waals surface area contributed by atoms with Crippen molar-refractivity contribution in [2.24, 2.45) is 0 Å². The van der Waals surface area contributed by atoms with E-state index in [1.54, 1.807) is 0 Å². The molecule has 2 nitrogen and oxygen atoms in total. The van der Waals surface area contributed by atoms with Crippen molar-refractivity contribution in [2.75, 3.05) is 6.61 Å². The molecule has 0 aromatic heterocycles. The largest absolute Gasteiger partial charge is 0.378 e. The Morgan fingerprint density at radius 2 is 2.07 bits per heavy atom. The van der Waals surface area contributed by atoms with Gasteiger partial charge in [0.25, 0.3) is 0 Å². The van der Waals surface area contributed by atoms with E-state index in [2.05, 4.69) is 0 Å². The molecular weight excluding hydrogens is 188 g/mol. The molecular formula is C13H16O2. The van der Waals surface area contributed by atoms with Gasteiger partial charge >= 0.3 is 0 Å². The van der Waals surface area contributed by atoms with E-state index in [9.17, 15) is 4.79 Å². The first-order chi connectivity index (χ1) is 7.36. The molecule has 0 N–H and O–H groups in total. The number of carbonyl (C=O) groups excluding carboxylic acids is 1. The highest BCUT2D eigenvalue weighted by Crippen LogP contribution is 2.17. The summed E-state index contributed by atoms with van der Waals surface area (Å²) in [5.74, 6) is 0.197. The molecule has 0 amide bonds. The Morgan fingerprint density at radius 1 is 1.27 bits per heavy atom. The lowest BCUT2D eigenvalue weighted by atomic mass is 10.0. The van der Waals surface area contributed by atoms with Gasteiger partial charge in [0.2, 0.25) is 0 Å². The fourth-order valence-corrected chi connectivity index (χ4v) is 1.92. The molecule has 0 radical (unpaired) electrons. The number of benzene rings is 1. The first kappa shape index (κ1) is 10.4. The van der Waals surface area contributed by atoms with Gasteiger partial charge in [-0.05, 0) is 19.3 Å². The third-order valence-corrected chi connectivity index (χ3v) is 2.78. The van der Waals surface area contributed by atoms with Crippen molar-refractivity contribution < 1.29 is 9.53 Å². The molecule has 0 unspecified atom stereocenters. The molecule has 2 rings (SSSR count). The minimum Gasteiger partial charge on any atom is -0.378 e. The highest BCUT2D eigenvalue weighted by atomic mass is 16.5. The summed E-state index contributed by atoms with van der Waals surface area (Å²) in [6.45, 7) is 0.812. The molecule has 80 valence electrons. The molecule has 1 saturated heterocycles. The van der Waals surface area contributed by atoms with Gasteiger partial charge in [-0.1, -0.05) is 30.3 Å².